The van der Waals surface area contributed by atoms with Crippen LogP contribution in [0.4, 0.5) is 0 Å². The Balaban J connectivity index is 1.59. The molecule has 2 aliphatic rings. The lowest BCUT2D eigenvalue weighted by atomic mass is 9.64. The van der Waals surface area contributed by atoms with E-state index in [1.165, 1.54) is 5.56 Å². The molecule has 1 aliphatic carbocycles. The molecule has 29 heavy (non-hydrogen) atoms. The molecule has 0 atom stereocenters. The molecule has 6 nitrogen and oxygen atoms in total. The predicted octanol–water partition coefficient (Wildman–Crippen LogP) is 2.66. The van der Waals surface area contributed by atoms with Crippen molar-refractivity contribution in [1.82, 2.24) is 15.1 Å². The van der Waals surface area contributed by atoms with Crippen LogP contribution in [0.25, 0.3) is 0 Å². The Morgan fingerprint density at radius 1 is 1.21 bits per heavy atom. The maximum atomic E-state index is 12.6. The Hall–Kier alpha value is -2.39. The van der Waals surface area contributed by atoms with Gasteiger partial charge in [0.25, 0.3) is 0 Å². The molecule has 2 fully saturated rings. The standard InChI is InChI=1S/C23H32N4O2/c1-26(2)23(19-7-4-3-5-8-19)12-10-22(11-13-23)17-21(29)27(18-22)16-9-20(28)25-15-6-14-24/h3-5,7-8H,6,9-13,15-18H2,1-2H3,(H,25,28). The number of nitrogens with one attached hydrogen (secondary N) is 1. The summed E-state index contributed by atoms with van der Waals surface area (Å²) in [7, 11) is 4.31. The lowest BCUT2D eigenvalue weighted by Gasteiger charge is -2.48. The minimum atomic E-state index is -0.0895. The molecule has 1 aliphatic heterocycles. The van der Waals surface area contributed by atoms with E-state index in [0.29, 0.717) is 32.4 Å². The summed E-state index contributed by atoms with van der Waals surface area (Å²) in [4.78, 5) is 28.7. The van der Waals surface area contributed by atoms with Crippen molar-refractivity contribution in [2.24, 2.45) is 5.41 Å². The number of hydrogen-bond donors (Lipinski definition) is 1. The molecule has 1 spiro atoms. The van der Waals surface area contributed by atoms with Crippen molar-refractivity contribution < 1.29 is 9.59 Å². The van der Waals surface area contributed by atoms with Crippen molar-refractivity contribution in [1.29, 1.82) is 5.26 Å². The number of likely N-dealkylation sites (tertiary alicyclic amines) is 1. The highest BCUT2D eigenvalue weighted by Crippen LogP contribution is 2.52. The second kappa shape index (κ2) is 8.96. The molecular weight excluding hydrogens is 364 g/mol. The van der Waals surface area contributed by atoms with Crippen molar-refractivity contribution in [2.75, 3.05) is 33.7 Å². The molecule has 1 aromatic carbocycles. The minimum absolute atomic E-state index is 0.0314. The Bertz CT molecular complexity index is 761. The maximum Gasteiger partial charge on any atom is 0.223 e. The van der Waals surface area contributed by atoms with Crippen LogP contribution in [0.5, 0.6) is 0 Å². The smallest absolute Gasteiger partial charge is 0.223 e. The average molecular weight is 397 g/mol. The van der Waals surface area contributed by atoms with Crippen molar-refractivity contribution in [3.8, 4) is 6.07 Å². The molecule has 0 radical (unpaired) electrons. The molecule has 2 amide bonds. The third-order valence-electron chi connectivity index (χ3n) is 6.88. The Morgan fingerprint density at radius 2 is 1.90 bits per heavy atom. The predicted molar refractivity (Wildman–Crippen MR) is 112 cm³/mol. The summed E-state index contributed by atoms with van der Waals surface area (Å²) in [5.74, 6) is 0.0836. The molecule has 0 unspecified atom stereocenters. The van der Waals surface area contributed by atoms with E-state index in [1.807, 2.05) is 11.0 Å². The van der Waals surface area contributed by atoms with E-state index in [9.17, 15) is 9.59 Å². The zero-order chi connectivity index (χ0) is 20.9. The monoisotopic (exact) mass is 396 g/mol. The molecule has 1 N–H and O–H groups in total. The van der Waals surface area contributed by atoms with Gasteiger partial charge in [-0.15, -0.1) is 0 Å². The van der Waals surface area contributed by atoms with Gasteiger partial charge >= 0.3 is 0 Å². The summed E-state index contributed by atoms with van der Waals surface area (Å²) in [5, 5.41) is 11.3. The summed E-state index contributed by atoms with van der Waals surface area (Å²) in [5.41, 5.74) is 1.43. The zero-order valence-corrected chi connectivity index (χ0v) is 17.6. The van der Waals surface area contributed by atoms with Gasteiger partial charge < -0.3 is 10.2 Å². The van der Waals surface area contributed by atoms with E-state index < -0.39 is 0 Å². The van der Waals surface area contributed by atoms with Gasteiger partial charge in [-0.1, -0.05) is 30.3 Å². The van der Waals surface area contributed by atoms with E-state index in [1.54, 1.807) is 0 Å². The third kappa shape index (κ3) is 4.62. The Kier molecular flexibility index (Phi) is 6.59. The number of carbonyl (C=O) groups excluding carboxylic acids is 2. The quantitative estimate of drug-likeness (QED) is 0.719. The highest BCUT2D eigenvalue weighted by molar-refractivity contribution is 5.81. The van der Waals surface area contributed by atoms with E-state index in [0.717, 1.165) is 32.2 Å². The number of carbonyl (C=O) groups is 2. The molecule has 3 rings (SSSR count). The summed E-state index contributed by atoms with van der Waals surface area (Å²) >= 11 is 0. The molecule has 0 bridgehead atoms. The third-order valence-corrected chi connectivity index (χ3v) is 6.88. The normalized spacial score (nSPS) is 26.7. The van der Waals surface area contributed by atoms with E-state index in [-0.39, 0.29) is 22.8 Å². The fourth-order valence-electron chi connectivity index (χ4n) is 5.04. The molecular formula is C23H32N4O2. The number of nitriles is 1. The second-order valence-electron chi connectivity index (χ2n) is 8.79. The number of amides is 2. The summed E-state index contributed by atoms with van der Waals surface area (Å²) in [6, 6.07) is 12.7. The van der Waals surface area contributed by atoms with Crippen LogP contribution in [0, 0.1) is 16.7 Å². The SMILES string of the molecule is CN(C)C1(c2ccccc2)CCC2(CC1)CC(=O)N(CCC(=O)NCCC#N)C2. The largest absolute Gasteiger partial charge is 0.355 e. The van der Waals surface area contributed by atoms with Crippen LogP contribution < -0.4 is 5.32 Å². The van der Waals surface area contributed by atoms with Crippen molar-refractivity contribution in [3.63, 3.8) is 0 Å². The average Bonchev–Trinajstić information content (AvgIpc) is 3.03. The van der Waals surface area contributed by atoms with Crippen LogP contribution >= 0.6 is 0 Å². The highest BCUT2D eigenvalue weighted by Gasteiger charge is 2.50. The fourth-order valence-corrected chi connectivity index (χ4v) is 5.04. The van der Waals surface area contributed by atoms with Gasteiger partial charge in [0.15, 0.2) is 0 Å². The number of hydrogen-bond acceptors (Lipinski definition) is 4. The minimum Gasteiger partial charge on any atom is -0.355 e. The van der Waals surface area contributed by atoms with Gasteiger partial charge in [0, 0.05) is 38.0 Å². The molecule has 1 saturated carbocycles. The van der Waals surface area contributed by atoms with E-state index >= 15 is 0 Å². The van der Waals surface area contributed by atoms with Crippen LogP contribution in [0.1, 0.15) is 50.5 Å². The molecule has 156 valence electrons. The van der Waals surface area contributed by atoms with E-state index in [2.05, 4.69) is 54.6 Å². The number of nitrogens with zero attached hydrogens (tertiary/aromatic N) is 3. The van der Waals surface area contributed by atoms with Gasteiger partial charge in [-0.25, -0.2) is 0 Å². The topological polar surface area (TPSA) is 76.4 Å². The summed E-state index contributed by atoms with van der Waals surface area (Å²) in [6.07, 6.45) is 5.35. The van der Waals surface area contributed by atoms with Gasteiger partial charge in [0.1, 0.15) is 0 Å². The first-order chi connectivity index (χ1) is 13.9. The molecule has 1 aromatic rings. The van der Waals surface area contributed by atoms with Crippen LogP contribution in [0.3, 0.4) is 0 Å². The molecule has 1 saturated heterocycles. The fraction of sp³-hybridized carbons (Fsp3) is 0.609. The second-order valence-corrected chi connectivity index (χ2v) is 8.79. The van der Waals surface area contributed by atoms with Crippen LogP contribution in [-0.2, 0) is 15.1 Å². The molecule has 1 heterocycles. The van der Waals surface area contributed by atoms with Gasteiger partial charge in [0.05, 0.1) is 12.5 Å². The van der Waals surface area contributed by atoms with Gasteiger partial charge in [-0.2, -0.15) is 5.26 Å². The maximum absolute atomic E-state index is 12.6. The molecule has 0 aromatic heterocycles. The van der Waals surface area contributed by atoms with Gasteiger partial charge in [0.2, 0.25) is 11.8 Å². The number of rotatable bonds is 7. The van der Waals surface area contributed by atoms with Crippen LogP contribution in [-0.4, -0.2) is 55.3 Å². The van der Waals surface area contributed by atoms with Gasteiger partial charge in [-0.05, 0) is 50.8 Å². The highest BCUT2D eigenvalue weighted by atomic mass is 16.2. The Labute approximate surface area is 173 Å². The lowest BCUT2D eigenvalue weighted by molar-refractivity contribution is -0.128. The first-order valence-electron chi connectivity index (χ1n) is 10.6. The number of benzene rings is 1. The first kappa shape index (κ1) is 21.3. The lowest BCUT2D eigenvalue weighted by Crippen LogP contribution is -2.47. The first-order valence-corrected chi connectivity index (χ1v) is 10.6. The Morgan fingerprint density at radius 3 is 2.52 bits per heavy atom. The van der Waals surface area contributed by atoms with Crippen molar-refractivity contribution in [2.45, 2.75) is 50.5 Å². The summed E-state index contributed by atoms with van der Waals surface area (Å²) in [6.45, 7) is 1.60. The van der Waals surface area contributed by atoms with E-state index in [4.69, 9.17) is 5.26 Å². The van der Waals surface area contributed by atoms with Crippen molar-refractivity contribution in [3.05, 3.63) is 35.9 Å². The van der Waals surface area contributed by atoms with Gasteiger partial charge in [-0.3, -0.25) is 14.5 Å². The van der Waals surface area contributed by atoms with Crippen LogP contribution in [0.2, 0.25) is 0 Å². The summed E-state index contributed by atoms with van der Waals surface area (Å²) < 4.78 is 0. The zero-order valence-electron chi connectivity index (χ0n) is 17.6. The molecule has 6 heteroatoms. The van der Waals surface area contributed by atoms with Crippen LogP contribution in [0.15, 0.2) is 30.3 Å². The van der Waals surface area contributed by atoms with Crippen molar-refractivity contribution >= 4 is 11.8 Å².